The van der Waals surface area contributed by atoms with Crippen LogP contribution in [0.1, 0.15) is 46.0 Å². The molecule has 0 saturated carbocycles. The third-order valence-corrected chi connectivity index (χ3v) is 4.33. The van der Waals surface area contributed by atoms with E-state index in [1.807, 2.05) is 0 Å². The van der Waals surface area contributed by atoms with Gasteiger partial charge in [0, 0.05) is 6.04 Å². The van der Waals surface area contributed by atoms with Gasteiger partial charge in [-0.2, -0.15) is 0 Å². The highest BCUT2D eigenvalue weighted by atomic mass is 15.2. The molecule has 104 valence electrons. The molecule has 1 aliphatic heterocycles. The minimum absolute atomic E-state index is 0.753. The fraction of sp³-hybridized carbons (Fsp3) is 0.875. The number of likely N-dealkylation sites (tertiary alicyclic amines) is 1. The van der Waals surface area contributed by atoms with Crippen molar-refractivity contribution in [2.24, 2.45) is 11.8 Å². The quantitative estimate of drug-likeness (QED) is 0.755. The molecule has 1 fully saturated rings. The molecule has 1 aliphatic carbocycles. The Labute approximate surface area is 113 Å². The molecule has 1 atom stereocenters. The van der Waals surface area contributed by atoms with E-state index in [-0.39, 0.29) is 0 Å². The van der Waals surface area contributed by atoms with Gasteiger partial charge < -0.3 is 5.32 Å². The van der Waals surface area contributed by atoms with E-state index in [0.29, 0.717) is 0 Å². The van der Waals surface area contributed by atoms with Gasteiger partial charge in [0.1, 0.15) is 0 Å². The van der Waals surface area contributed by atoms with Crippen molar-refractivity contribution in [3.8, 4) is 0 Å². The fourth-order valence-electron chi connectivity index (χ4n) is 3.16. The Balaban J connectivity index is 1.64. The molecule has 2 rings (SSSR count). The third kappa shape index (κ3) is 4.40. The van der Waals surface area contributed by atoms with E-state index in [4.69, 9.17) is 0 Å². The van der Waals surface area contributed by atoms with E-state index in [2.05, 4.69) is 36.2 Å². The van der Waals surface area contributed by atoms with E-state index in [1.54, 1.807) is 0 Å². The van der Waals surface area contributed by atoms with Gasteiger partial charge in [0.05, 0.1) is 0 Å². The highest BCUT2D eigenvalue weighted by Gasteiger charge is 2.23. The standard InChI is InChI=1S/C16H30N2/c1-14(2)12-17-13-15-8-10-18(11-9-15)16-6-4-3-5-7-16/h4,6,14-17H,3,5,7-13H2,1-2H3. The van der Waals surface area contributed by atoms with Gasteiger partial charge in [0.25, 0.3) is 0 Å². The van der Waals surface area contributed by atoms with Crippen molar-refractivity contribution in [2.75, 3.05) is 26.2 Å². The van der Waals surface area contributed by atoms with Crippen molar-refractivity contribution >= 4 is 0 Å². The molecule has 0 bridgehead atoms. The Morgan fingerprint density at radius 3 is 2.61 bits per heavy atom. The molecule has 0 spiro atoms. The lowest BCUT2D eigenvalue weighted by atomic mass is 9.93. The first kappa shape index (κ1) is 14.1. The minimum atomic E-state index is 0.753. The molecule has 18 heavy (non-hydrogen) atoms. The van der Waals surface area contributed by atoms with E-state index in [1.165, 1.54) is 58.3 Å². The zero-order valence-corrected chi connectivity index (χ0v) is 12.2. The zero-order chi connectivity index (χ0) is 12.8. The summed E-state index contributed by atoms with van der Waals surface area (Å²) in [5, 5.41) is 3.62. The summed E-state index contributed by atoms with van der Waals surface area (Å²) in [4.78, 5) is 2.70. The first-order valence-electron chi connectivity index (χ1n) is 7.87. The van der Waals surface area contributed by atoms with E-state index in [0.717, 1.165) is 17.9 Å². The van der Waals surface area contributed by atoms with E-state index in [9.17, 15) is 0 Å². The summed E-state index contributed by atoms with van der Waals surface area (Å²) in [5.41, 5.74) is 0. The molecular formula is C16H30N2. The van der Waals surface area contributed by atoms with Crippen LogP contribution < -0.4 is 5.32 Å². The van der Waals surface area contributed by atoms with Crippen molar-refractivity contribution in [2.45, 2.75) is 52.0 Å². The summed E-state index contributed by atoms with van der Waals surface area (Å²) in [5.74, 6) is 1.69. The SMILES string of the molecule is CC(C)CNCC1CCN(C2C=CCCC2)CC1. The molecule has 0 aromatic carbocycles. The highest BCUT2D eigenvalue weighted by molar-refractivity contribution is 4.99. The maximum atomic E-state index is 3.62. The second kappa shape index (κ2) is 7.30. The second-order valence-corrected chi connectivity index (χ2v) is 6.46. The van der Waals surface area contributed by atoms with Crippen molar-refractivity contribution in [1.82, 2.24) is 10.2 Å². The predicted molar refractivity (Wildman–Crippen MR) is 78.8 cm³/mol. The normalized spacial score (nSPS) is 26.9. The second-order valence-electron chi connectivity index (χ2n) is 6.46. The average Bonchev–Trinajstić information content (AvgIpc) is 2.40. The summed E-state index contributed by atoms with van der Waals surface area (Å²) >= 11 is 0. The van der Waals surface area contributed by atoms with Crippen LogP contribution in [0.2, 0.25) is 0 Å². The van der Waals surface area contributed by atoms with Crippen LogP contribution in [-0.2, 0) is 0 Å². The van der Waals surface area contributed by atoms with Crippen LogP contribution in [-0.4, -0.2) is 37.1 Å². The van der Waals surface area contributed by atoms with Crippen LogP contribution in [0, 0.1) is 11.8 Å². The molecule has 1 N–H and O–H groups in total. The molecule has 0 radical (unpaired) electrons. The molecule has 0 aromatic heterocycles. The summed E-state index contributed by atoms with van der Waals surface area (Å²) in [6, 6.07) is 0.753. The molecule has 0 amide bonds. The maximum Gasteiger partial charge on any atom is 0.0278 e. The largest absolute Gasteiger partial charge is 0.316 e. The molecule has 2 heteroatoms. The Kier molecular flexibility index (Phi) is 5.71. The Morgan fingerprint density at radius 2 is 2.00 bits per heavy atom. The lowest BCUT2D eigenvalue weighted by molar-refractivity contribution is 0.144. The van der Waals surface area contributed by atoms with Gasteiger partial charge in [-0.15, -0.1) is 0 Å². The van der Waals surface area contributed by atoms with Gasteiger partial charge in [0.2, 0.25) is 0 Å². The number of hydrogen-bond acceptors (Lipinski definition) is 2. The maximum absolute atomic E-state index is 3.62. The Morgan fingerprint density at radius 1 is 1.22 bits per heavy atom. The highest BCUT2D eigenvalue weighted by Crippen LogP contribution is 2.23. The summed E-state index contributed by atoms with van der Waals surface area (Å²) in [6.45, 7) is 9.58. The monoisotopic (exact) mass is 250 g/mol. The van der Waals surface area contributed by atoms with Gasteiger partial charge in [0.15, 0.2) is 0 Å². The number of allylic oxidation sites excluding steroid dienone is 1. The molecular weight excluding hydrogens is 220 g/mol. The third-order valence-electron chi connectivity index (χ3n) is 4.33. The van der Waals surface area contributed by atoms with Crippen molar-refractivity contribution < 1.29 is 0 Å². The molecule has 2 nitrogen and oxygen atoms in total. The minimum Gasteiger partial charge on any atom is -0.316 e. The molecule has 2 aliphatic rings. The topological polar surface area (TPSA) is 15.3 Å². The Bertz CT molecular complexity index is 252. The van der Waals surface area contributed by atoms with Gasteiger partial charge in [-0.05, 0) is 70.1 Å². The smallest absolute Gasteiger partial charge is 0.0278 e. The summed E-state index contributed by atoms with van der Waals surface area (Å²) in [6.07, 6.45) is 11.7. The van der Waals surface area contributed by atoms with Gasteiger partial charge in [-0.3, -0.25) is 4.90 Å². The number of nitrogens with zero attached hydrogens (tertiary/aromatic N) is 1. The van der Waals surface area contributed by atoms with Gasteiger partial charge in [-0.1, -0.05) is 26.0 Å². The zero-order valence-electron chi connectivity index (χ0n) is 12.2. The molecule has 0 aromatic rings. The van der Waals surface area contributed by atoms with Crippen LogP contribution >= 0.6 is 0 Å². The summed E-state index contributed by atoms with van der Waals surface area (Å²) < 4.78 is 0. The average molecular weight is 250 g/mol. The molecule has 1 saturated heterocycles. The van der Waals surface area contributed by atoms with Crippen LogP contribution in [0.5, 0.6) is 0 Å². The molecule has 1 heterocycles. The van der Waals surface area contributed by atoms with Crippen LogP contribution in [0.3, 0.4) is 0 Å². The Hall–Kier alpha value is -0.340. The first-order valence-corrected chi connectivity index (χ1v) is 7.87. The summed E-state index contributed by atoms with van der Waals surface area (Å²) in [7, 11) is 0. The van der Waals surface area contributed by atoms with Crippen LogP contribution in [0.15, 0.2) is 12.2 Å². The van der Waals surface area contributed by atoms with Crippen molar-refractivity contribution in [3.05, 3.63) is 12.2 Å². The van der Waals surface area contributed by atoms with E-state index < -0.39 is 0 Å². The van der Waals surface area contributed by atoms with Gasteiger partial charge in [-0.25, -0.2) is 0 Å². The van der Waals surface area contributed by atoms with Gasteiger partial charge >= 0.3 is 0 Å². The van der Waals surface area contributed by atoms with Crippen molar-refractivity contribution in [1.29, 1.82) is 0 Å². The van der Waals surface area contributed by atoms with Crippen molar-refractivity contribution in [3.63, 3.8) is 0 Å². The number of hydrogen-bond donors (Lipinski definition) is 1. The first-order chi connectivity index (χ1) is 8.75. The number of rotatable bonds is 5. The van der Waals surface area contributed by atoms with Crippen LogP contribution in [0.25, 0.3) is 0 Å². The lowest BCUT2D eigenvalue weighted by Crippen LogP contribution is -2.43. The number of nitrogens with one attached hydrogen (secondary N) is 1. The fourth-order valence-corrected chi connectivity index (χ4v) is 3.16. The number of piperidine rings is 1. The van der Waals surface area contributed by atoms with Crippen LogP contribution in [0.4, 0.5) is 0 Å². The van der Waals surface area contributed by atoms with E-state index >= 15 is 0 Å². The molecule has 1 unspecified atom stereocenters. The lowest BCUT2D eigenvalue weighted by Gasteiger charge is -2.37. The predicted octanol–water partition coefficient (Wildman–Crippen LogP) is 3.05.